The number of nitro groups is 1. The van der Waals surface area contributed by atoms with Gasteiger partial charge in [0.1, 0.15) is 0 Å². The number of piperidine rings is 1. The fourth-order valence-electron chi connectivity index (χ4n) is 2.49. The maximum Gasteiger partial charge on any atom is 0.314 e. The highest BCUT2D eigenvalue weighted by Crippen LogP contribution is 2.37. The molecule has 1 fully saturated rings. The predicted molar refractivity (Wildman–Crippen MR) is 70.6 cm³/mol. The predicted octanol–water partition coefficient (Wildman–Crippen LogP) is 1.85. The second kappa shape index (κ2) is 5.88. The van der Waals surface area contributed by atoms with Crippen molar-refractivity contribution in [2.45, 2.75) is 19.3 Å². The minimum absolute atomic E-state index is 0.160. The molecular formula is C13H18N2O4. The summed E-state index contributed by atoms with van der Waals surface area (Å²) < 4.78 is 5.00. The summed E-state index contributed by atoms with van der Waals surface area (Å²) >= 11 is 0. The van der Waals surface area contributed by atoms with Gasteiger partial charge in [0, 0.05) is 6.07 Å². The van der Waals surface area contributed by atoms with Crippen LogP contribution in [-0.4, -0.2) is 30.2 Å². The summed E-state index contributed by atoms with van der Waals surface area (Å²) in [5.74, 6) is 0.230. The highest BCUT2D eigenvalue weighted by molar-refractivity contribution is 5.57. The van der Waals surface area contributed by atoms with Gasteiger partial charge in [-0.15, -0.1) is 0 Å². The van der Waals surface area contributed by atoms with Crippen molar-refractivity contribution in [1.29, 1.82) is 0 Å². The van der Waals surface area contributed by atoms with Crippen molar-refractivity contribution in [1.82, 2.24) is 5.32 Å². The molecule has 0 aromatic heterocycles. The molecule has 1 aromatic carbocycles. The Kier molecular flexibility index (Phi) is 4.21. The minimum atomic E-state index is -0.583. The lowest BCUT2D eigenvalue weighted by Crippen LogP contribution is -2.30. The average molecular weight is 266 g/mol. The summed E-state index contributed by atoms with van der Waals surface area (Å²) in [7, 11) is 1.39. The lowest BCUT2D eigenvalue weighted by Gasteiger charge is -2.22. The van der Waals surface area contributed by atoms with Crippen molar-refractivity contribution in [3.05, 3.63) is 27.8 Å². The first-order chi connectivity index (χ1) is 9.11. The second-order valence-corrected chi connectivity index (χ2v) is 4.84. The quantitative estimate of drug-likeness (QED) is 0.641. The Morgan fingerprint density at radius 3 is 2.95 bits per heavy atom. The maximum absolute atomic E-state index is 10.9. The Balaban J connectivity index is 2.24. The summed E-state index contributed by atoms with van der Waals surface area (Å²) in [6.45, 7) is 1.96. The fraction of sp³-hybridized carbons (Fsp3) is 0.538. The van der Waals surface area contributed by atoms with Gasteiger partial charge in [-0.2, -0.15) is 0 Å². The molecule has 6 nitrogen and oxygen atoms in total. The van der Waals surface area contributed by atoms with Gasteiger partial charge in [-0.25, -0.2) is 0 Å². The molecule has 19 heavy (non-hydrogen) atoms. The third kappa shape index (κ3) is 3.14. The molecule has 0 radical (unpaired) electrons. The van der Waals surface area contributed by atoms with E-state index in [2.05, 4.69) is 5.32 Å². The Morgan fingerprint density at radius 2 is 2.37 bits per heavy atom. The number of benzene rings is 1. The molecule has 1 aromatic rings. The van der Waals surface area contributed by atoms with Gasteiger partial charge in [-0.3, -0.25) is 10.1 Å². The first-order valence-electron chi connectivity index (χ1n) is 6.36. The van der Waals surface area contributed by atoms with Gasteiger partial charge in [0.15, 0.2) is 5.75 Å². The molecule has 0 spiro atoms. The summed E-state index contributed by atoms with van der Waals surface area (Å²) in [5.41, 5.74) is 0.535. The number of nitrogens with zero attached hydrogens (tertiary/aromatic N) is 1. The van der Waals surface area contributed by atoms with E-state index >= 15 is 0 Å². The third-order valence-corrected chi connectivity index (χ3v) is 3.45. The molecule has 1 aliphatic rings. The normalized spacial score (nSPS) is 19.1. The van der Waals surface area contributed by atoms with Gasteiger partial charge < -0.3 is 15.2 Å². The van der Waals surface area contributed by atoms with Crippen molar-refractivity contribution in [3.63, 3.8) is 0 Å². The van der Waals surface area contributed by atoms with E-state index in [1.807, 2.05) is 0 Å². The zero-order chi connectivity index (χ0) is 13.8. The molecule has 1 unspecified atom stereocenters. The van der Waals surface area contributed by atoms with E-state index in [4.69, 9.17) is 4.74 Å². The van der Waals surface area contributed by atoms with Crippen LogP contribution in [0, 0.1) is 16.0 Å². The van der Waals surface area contributed by atoms with Crippen LogP contribution in [-0.2, 0) is 6.42 Å². The van der Waals surface area contributed by atoms with E-state index in [1.165, 1.54) is 13.2 Å². The number of hydrogen-bond acceptors (Lipinski definition) is 5. The van der Waals surface area contributed by atoms with E-state index in [-0.39, 0.29) is 11.4 Å². The highest BCUT2D eigenvalue weighted by Gasteiger charge is 2.21. The number of rotatable bonds is 4. The number of nitro benzene ring substituents is 1. The number of methoxy groups -OCH3 is 1. The summed E-state index contributed by atoms with van der Waals surface area (Å²) in [6, 6.07) is 3.11. The zero-order valence-electron chi connectivity index (χ0n) is 10.9. The van der Waals surface area contributed by atoms with E-state index in [9.17, 15) is 15.2 Å². The Bertz CT molecular complexity index is 470. The second-order valence-electron chi connectivity index (χ2n) is 4.84. The van der Waals surface area contributed by atoms with Gasteiger partial charge in [0.2, 0.25) is 5.75 Å². The molecule has 0 amide bonds. The molecule has 2 N–H and O–H groups in total. The number of nitrogens with one attached hydrogen (secondary N) is 1. The summed E-state index contributed by atoms with van der Waals surface area (Å²) in [6.07, 6.45) is 3.00. The van der Waals surface area contributed by atoms with Crippen molar-refractivity contribution in [3.8, 4) is 11.5 Å². The van der Waals surface area contributed by atoms with E-state index < -0.39 is 10.7 Å². The van der Waals surface area contributed by atoms with E-state index in [1.54, 1.807) is 6.07 Å². The smallest absolute Gasteiger partial charge is 0.314 e. The number of ether oxygens (including phenoxy) is 1. The average Bonchev–Trinajstić information content (AvgIpc) is 2.41. The van der Waals surface area contributed by atoms with Crippen LogP contribution in [0.2, 0.25) is 0 Å². The summed E-state index contributed by atoms with van der Waals surface area (Å²) in [4.78, 5) is 10.3. The Morgan fingerprint density at radius 1 is 1.58 bits per heavy atom. The van der Waals surface area contributed by atoms with Crippen molar-refractivity contribution in [2.24, 2.45) is 5.92 Å². The zero-order valence-corrected chi connectivity index (χ0v) is 10.9. The molecule has 1 aliphatic heterocycles. The SMILES string of the molecule is COc1cc(CC2CCCNC2)cc([N+](=O)[O-])c1O. The monoisotopic (exact) mass is 266 g/mol. The summed E-state index contributed by atoms with van der Waals surface area (Å²) in [5, 5.41) is 23.9. The van der Waals surface area contributed by atoms with Gasteiger partial charge >= 0.3 is 5.69 Å². The van der Waals surface area contributed by atoms with Crippen LogP contribution in [0.4, 0.5) is 5.69 Å². The van der Waals surface area contributed by atoms with Crippen molar-refractivity contribution >= 4 is 5.69 Å². The molecule has 2 rings (SSSR count). The topological polar surface area (TPSA) is 84.6 Å². The van der Waals surface area contributed by atoms with E-state index in [0.29, 0.717) is 5.92 Å². The van der Waals surface area contributed by atoms with Gasteiger partial charge in [0.25, 0.3) is 0 Å². The minimum Gasteiger partial charge on any atom is -0.500 e. The van der Waals surface area contributed by atoms with E-state index in [0.717, 1.165) is 37.9 Å². The Hall–Kier alpha value is -1.82. The van der Waals surface area contributed by atoms with Gasteiger partial charge in [-0.05, 0) is 49.9 Å². The molecule has 6 heteroatoms. The van der Waals surface area contributed by atoms with Crippen LogP contribution < -0.4 is 10.1 Å². The number of phenolic OH excluding ortho intramolecular Hbond substituents is 1. The molecular weight excluding hydrogens is 248 g/mol. The molecule has 0 bridgehead atoms. The van der Waals surface area contributed by atoms with Crippen molar-refractivity contribution < 1.29 is 14.8 Å². The van der Waals surface area contributed by atoms with Crippen LogP contribution in [0.3, 0.4) is 0 Å². The standard InChI is InChI=1S/C13H18N2O4/c1-19-12-7-10(5-9-3-2-4-14-8-9)6-11(13(12)16)15(17)18/h6-7,9,14,16H,2-5,8H2,1H3. The molecule has 104 valence electrons. The van der Waals surface area contributed by atoms with Gasteiger partial charge in [0.05, 0.1) is 12.0 Å². The first kappa shape index (κ1) is 13.6. The number of hydrogen-bond donors (Lipinski definition) is 2. The lowest BCUT2D eigenvalue weighted by atomic mass is 9.92. The van der Waals surface area contributed by atoms with Gasteiger partial charge in [-0.1, -0.05) is 0 Å². The lowest BCUT2D eigenvalue weighted by molar-refractivity contribution is -0.386. The number of phenols is 1. The molecule has 1 saturated heterocycles. The molecule has 0 aliphatic carbocycles. The molecule has 0 saturated carbocycles. The van der Waals surface area contributed by atoms with Crippen LogP contribution >= 0.6 is 0 Å². The molecule has 1 atom stereocenters. The first-order valence-corrected chi connectivity index (χ1v) is 6.36. The van der Waals surface area contributed by atoms with Crippen LogP contribution in [0.1, 0.15) is 18.4 Å². The maximum atomic E-state index is 10.9. The van der Waals surface area contributed by atoms with Crippen LogP contribution in [0.5, 0.6) is 11.5 Å². The molecule has 1 heterocycles. The fourth-order valence-corrected chi connectivity index (χ4v) is 2.49. The Labute approximate surface area is 111 Å². The van der Waals surface area contributed by atoms with Crippen LogP contribution in [0.25, 0.3) is 0 Å². The number of aromatic hydroxyl groups is 1. The largest absolute Gasteiger partial charge is 0.500 e. The van der Waals surface area contributed by atoms with Crippen LogP contribution in [0.15, 0.2) is 12.1 Å². The highest BCUT2D eigenvalue weighted by atomic mass is 16.6. The third-order valence-electron chi connectivity index (χ3n) is 3.45. The van der Waals surface area contributed by atoms with Crippen molar-refractivity contribution in [2.75, 3.05) is 20.2 Å².